The molecule has 3 rings (SSSR count). The lowest BCUT2D eigenvalue weighted by Crippen LogP contribution is -2.21. The first-order valence-corrected chi connectivity index (χ1v) is 6.65. The van der Waals surface area contributed by atoms with Crippen molar-refractivity contribution in [2.24, 2.45) is 0 Å². The fourth-order valence-corrected chi connectivity index (χ4v) is 2.21. The number of aryl methyl sites for hydroxylation is 3. The molecule has 0 spiro atoms. The van der Waals surface area contributed by atoms with Crippen LogP contribution < -0.4 is 5.56 Å². The highest BCUT2D eigenvalue weighted by molar-refractivity contribution is 5.68. The van der Waals surface area contributed by atoms with Crippen molar-refractivity contribution in [3.8, 4) is 0 Å². The topological polar surface area (TPSA) is 70.5 Å². The van der Waals surface area contributed by atoms with Gasteiger partial charge in [-0.1, -0.05) is 0 Å². The van der Waals surface area contributed by atoms with Crippen molar-refractivity contribution in [1.29, 1.82) is 0 Å². The first-order chi connectivity index (χ1) is 9.79. The zero-order chi connectivity index (χ0) is 13.9. The predicted molar refractivity (Wildman–Crippen MR) is 74.3 cm³/mol. The number of aromatic nitrogens is 6. The van der Waals surface area contributed by atoms with Crippen LogP contribution >= 0.6 is 0 Å². The highest BCUT2D eigenvalue weighted by Crippen LogP contribution is 2.04. The first kappa shape index (κ1) is 12.6. The van der Waals surface area contributed by atoms with Crippen LogP contribution in [0.15, 0.2) is 36.2 Å². The van der Waals surface area contributed by atoms with Gasteiger partial charge < -0.3 is 9.13 Å². The van der Waals surface area contributed by atoms with E-state index in [4.69, 9.17) is 0 Å². The van der Waals surface area contributed by atoms with Crippen molar-refractivity contribution in [3.63, 3.8) is 0 Å². The van der Waals surface area contributed by atoms with E-state index < -0.39 is 0 Å². The number of rotatable bonds is 5. The van der Waals surface area contributed by atoms with E-state index >= 15 is 0 Å². The minimum atomic E-state index is -0.0761. The summed E-state index contributed by atoms with van der Waals surface area (Å²) in [7, 11) is 0. The molecule has 3 heterocycles. The maximum atomic E-state index is 12.3. The smallest absolute Gasteiger partial charge is 0.281 e. The third kappa shape index (κ3) is 2.22. The number of hydrogen-bond donors (Lipinski definition) is 0. The second-order valence-corrected chi connectivity index (χ2v) is 4.60. The van der Waals surface area contributed by atoms with Crippen molar-refractivity contribution in [2.75, 3.05) is 0 Å². The number of hydrogen-bond acceptors (Lipinski definition) is 4. The summed E-state index contributed by atoms with van der Waals surface area (Å²) in [5, 5.41) is 0. The summed E-state index contributed by atoms with van der Waals surface area (Å²) in [4.78, 5) is 24.8. The average molecular weight is 272 g/mol. The van der Waals surface area contributed by atoms with E-state index in [1.807, 2.05) is 22.3 Å². The summed E-state index contributed by atoms with van der Waals surface area (Å²) in [6, 6.07) is 0. The number of imidazole rings is 2. The van der Waals surface area contributed by atoms with Gasteiger partial charge in [-0.15, -0.1) is 0 Å². The van der Waals surface area contributed by atoms with Crippen LogP contribution in [-0.4, -0.2) is 28.7 Å². The SMILES string of the molecule is CCn1cnc2c(=O)n(CCCn3ccnc3)cnc21. The van der Waals surface area contributed by atoms with E-state index in [0.29, 0.717) is 17.7 Å². The van der Waals surface area contributed by atoms with E-state index in [-0.39, 0.29) is 5.56 Å². The van der Waals surface area contributed by atoms with Gasteiger partial charge >= 0.3 is 0 Å². The molecule has 0 aliphatic carbocycles. The van der Waals surface area contributed by atoms with Crippen LogP contribution in [0.2, 0.25) is 0 Å². The second kappa shape index (κ2) is 5.28. The Bertz CT molecular complexity index is 755. The summed E-state index contributed by atoms with van der Waals surface area (Å²) >= 11 is 0. The Morgan fingerprint density at radius 1 is 1.10 bits per heavy atom. The molecule has 20 heavy (non-hydrogen) atoms. The fraction of sp³-hybridized carbons (Fsp3) is 0.385. The predicted octanol–water partition coefficient (Wildman–Crippen LogP) is 0.900. The maximum Gasteiger partial charge on any atom is 0.281 e. The van der Waals surface area contributed by atoms with Gasteiger partial charge in [0.05, 0.1) is 12.7 Å². The minimum absolute atomic E-state index is 0.0761. The molecule has 0 amide bonds. The van der Waals surface area contributed by atoms with Crippen molar-refractivity contribution in [3.05, 3.63) is 41.7 Å². The lowest BCUT2D eigenvalue weighted by Gasteiger charge is -2.06. The van der Waals surface area contributed by atoms with Gasteiger partial charge in [0.2, 0.25) is 0 Å². The van der Waals surface area contributed by atoms with Crippen LogP contribution in [0.1, 0.15) is 13.3 Å². The van der Waals surface area contributed by atoms with E-state index in [1.54, 1.807) is 29.7 Å². The van der Waals surface area contributed by atoms with Crippen LogP contribution in [0, 0.1) is 0 Å². The standard InChI is InChI=1S/C13H16N6O/c1-2-18-9-15-11-12(18)16-10-19(13(11)20)6-3-5-17-7-4-14-8-17/h4,7-10H,2-3,5-6H2,1H3. The van der Waals surface area contributed by atoms with E-state index in [1.165, 1.54) is 0 Å². The van der Waals surface area contributed by atoms with Crippen LogP contribution in [0.4, 0.5) is 0 Å². The Hall–Kier alpha value is -2.44. The van der Waals surface area contributed by atoms with E-state index in [9.17, 15) is 4.79 Å². The molecule has 0 aromatic carbocycles. The third-order valence-electron chi connectivity index (χ3n) is 3.31. The fourth-order valence-electron chi connectivity index (χ4n) is 2.21. The highest BCUT2D eigenvalue weighted by atomic mass is 16.1. The molecule has 0 aliphatic heterocycles. The van der Waals surface area contributed by atoms with Gasteiger partial charge in [-0.05, 0) is 13.3 Å². The van der Waals surface area contributed by atoms with Gasteiger partial charge in [0.25, 0.3) is 5.56 Å². The summed E-state index contributed by atoms with van der Waals surface area (Å²) in [5.74, 6) is 0. The molecule has 0 atom stereocenters. The Labute approximate surface area is 115 Å². The molecular formula is C13H16N6O. The molecule has 3 aromatic rings. The lowest BCUT2D eigenvalue weighted by molar-refractivity contribution is 0.549. The Morgan fingerprint density at radius 2 is 1.95 bits per heavy atom. The lowest BCUT2D eigenvalue weighted by atomic mass is 10.4. The van der Waals surface area contributed by atoms with Crippen molar-refractivity contribution < 1.29 is 0 Å². The molecule has 0 fully saturated rings. The molecule has 0 unspecified atom stereocenters. The molecular weight excluding hydrogens is 256 g/mol. The average Bonchev–Trinajstić information content (AvgIpc) is 3.10. The molecule has 0 aliphatic rings. The normalized spacial score (nSPS) is 11.2. The van der Waals surface area contributed by atoms with Crippen LogP contribution in [-0.2, 0) is 19.6 Å². The maximum absolute atomic E-state index is 12.3. The molecule has 7 heteroatoms. The summed E-state index contributed by atoms with van der Waals surface area (Å²) in [5.41, 5.74) is 1.02. The minimum Gasteiger partial charge on any atom is -0.337 e. The van der Waals surface area contributed by atoms with Gasteiger partial charge in [0, 0.05) is 32.0 Å². The molecule has 0 saturated carbocycles. The van der Waals surface area contributed by atoms with Crippen LogP contribution in [0.3, 0.4) is 0 Å². The first-order valence-electron chi connectivity index (χ1n) is 6.65. The molecule has 0 bridgehead atoms. The van der Waals surface area contributed by atoms with Crippen molar-refractivity contribution in [2.45, 2.75) is 33.0 Å². The van der Waals surface area contributed by atoms with Gasteiger partial charge in [0.1, 0.15) is 6.33 Å². The van der Waals surface area contributed by atoms with Crippen LogP contribution in [0.25, 0.3) is 11.2 Å². The molecule has 0 radical (unpaired) electrons. The molecule has 0 saturated heterocycles. The zero-order valence-corrected chi connectivity index (χ0v) is 11.3. The Balaban J connectivity index is 1.78. The van der Waals surface area contributed by atoms with Gasteiger partial charge in [-0.2, -0.15) is 0 Å². The Morgan fingerprint density at radius 3 is 2.70 bits per heavy atom. The van der Waals surface area contributed by atoms with Crippen LogP contribution in [0.5, 0.6) is 0 Å². The van der Waals surface area contributed by atoms with Crippen molar-refractivity contribution >= 4 is 11.2 Å². The van der Waals surface area contributed by atoms with E-state index in [0.717, 1.165) is 19.5 Å². The zero-order valence-electron chi connectivity index (χ0n) is 11.3. The third-order valence-corrected chi connectivity index (χ3v) is 3.31. The quantitative estimate of drug-likeness (QED) is 0.692. The van der Waals surface area contributed by atoms with Gasteiger partial charge in [0.15, 0.2) is 11.2 Å². The monoisotopic (exact) mass is 272 g/mol. The number of nitrogens with zero attached hydrogens (tertiary/aromatic N) is 6. The van der Waals surface area contributed by atoms with Crippen molar-refractivity contribution in [1.82, 2.24) is 28.7 Å². The number of fused-ring (bicyclic) bond motifs is 1. The van der Waals surface area contributed by atoms with Gasteiger partial charge in [-0.25, -0.2) is 15.0 Å². The molecule has 3 aromatic heterocycles. The highest BCUT2D eigenvalue weighted by Gasteiger charge is 2.09. The largest absolute Gasteiger partial charge is 0.337 e. The molecule has 0 N–H and O–H groups in total. The second-order valence-electron chi connectivity index (χ2n) is 4.60. The summed E-state index contributed by atoms with van der Waals surface area (Å²) < 4.78 is 5.47. The molecule has 104 valence electrons. The summed E-state index contributed by atoms with van der Waals surface area (Å²) in [6.07, 6.45) is 9.54. The van der Waals surface area contributed by atoms with Gasteiger partial charge in [-0.3, -0.25) is 9.36 Å². The summed E-state index contributed by atoms with van der Waals surface area (Å²) in [6.45, 7) is 4.21. The molecule has 7 nitrogen and oxygen atoms in total. The van der Waals surface area contributed by atoms with E-state index in [2.05, 4.69) is 15.0 Å². The Kier molecular flexibility index (Phi) is 3.32.